The Morgan fingerprint density at radius 2 is 1.87 bits per heavy atom. The Bertz CT molecular complexity index is 798. The van der Waals surface area contributed by atoms with Crippen LogP contribution in [0, 0.1) is 0 Å². The number of hydrogen-bond donors (Lipinski definition) is 3. The minimum Gasteiger partial charge on any atom is -0.392 e. The smallest absolute Gasteiger partial charge is 0.0681 e. The van der Waals surface area contributed by atoms with Gasteiger partial charge in [0.15, 0.2) is 0 Å². The second kappa shape index (κ2) is 6.19. The molecular formula is C20H22N2O. The first-order valence-electron chi connectivity index (χ1n) is 8.37. The van der Waals surface area contributed by atoms with Gasteiger partial charge in [-0.2, -0.15) is 0 Å². The van der Waals surface area contributed by atoms with Crippen LogP contribution in [0.1, 0.15) is 24.0 Å². The highest BCUT2D eigenvalue weighted by Gasteiger charge is 2.16. The summed E-state index contributed by atoms with van der Waals surface area (Å²) in [6, 6.07) is 15.3. The van der Waals surface area contributed by atoms with Crippen molar-refractivity contribution in [1.29, 1.82) is 0 Å². The van der Waals surface area contributed by atoms with Gasteiger partial charge in [0, 0.05) is 23.1 Å². The maximum absolute atomic E-state index is 9.17. The lowest BCUT2D eigenvalue weighted by Gasteiger charge is -2.09. The van der Waals surface area contributed by atoms with Crippen LogP contribution in [0.4, 0.5) is 0 Å². The number of nitrogens with one attached hydrogen (secondary N) is 2. The Labute approximate surface area is 136 Å². The molecule has 3 N–H and O–H groups in total. The number of aliphatic hydroxyl groups is 1. The highest BCUT2D eigenvalue weighted by Crippen LogP contribution is 2.28. The van der Waals surface area contributed by atoms with Gasteiger partial charge >= 0.3 is 0 Å². The van der Waals surface area contributed by atoms with Crippen LogP contribution in [-0.2, 0) is 13.0 Å². The molecule has 1 aliphatic heterocycles. The predicted octanol–water partition coefficient (Wildman–Crippen LogP) is 3.62. The molecule has 3 heteroatoms. The molecule has 1 saturated heterocycles. The van der Waals surface area contributed by atoms with E-state index in [-0.39, 0.29) is 6.61 Å². The van der Waals surface area contributed by atoms with Crippen molar-refractivity contribution >= 4 is 10.9 Å². The summed E-state index contributed by atoms with van der Waals surface area (Å²) in [5.74, 6) is 0. The van der Waals surface area contributed by atoms with Crippen LogP contribution in [0.2, 0.25) is 0 Å². The van der Waals surface area contributed by atoms with E-state index in [0.717, 1.165) is 18.5 Å². The topological polar surface area (TPSA) is 48.0 Å². The zero-order chi connectivity index (χ0) is 15.6. The van der Waals surface area contributed by atoms with Gasteiger partial charge in [0.2, 0.25) is 0 Å². The van der Waals surface area contributed by atoms with Gasteiger partial charge in [-0.05, 0) is 60.2 Å². The molecule has 1 aliphatic rings. The number of benzene rings is 2. The third-order valence-electron chi connectivity index (χ3n) is 4.87. The molecule has 3 nitrogen and oxygen atoms in total. The van der Waals surface area contributed by atoms with Crippen LogP contribution in [0.3, 0.4) is 0 Å². The fraction of sp³-hybridized carbons (Fsp3) is 0.300. The molecule has 0 amide bonds. The molecule has 3 aromatic rings. The SMILES string of the molecule is OCc1ccc(-c2ccc3[nH]cc(C[C@H]4CCCN4)c3c2)cc1. The average molecular weight is 306 g/mol. The van der Waals surface area contributed by atoms with Crippen molar-refractivity contribution in [1.82, 2.24) is 10.3 Å². The summed E-state index contributed by atoms with van der Waals surface area (Å²) in [6.07, 6.45) is 5.81. The highest BCUT2D eigenvalue weighted by molar-refractivity contribution is 5.88. The summed E-state index contributed by atoms with van der Waals surface area (Å²) in [5, 5.41) is 14.1. The number of H-pyrrole nitrogens is 1. The first kappa shape index (κ1) is 14.5. The van der Waals surface area contributed by atoms with Crippen LogP contribution in [-0.4, -0.2) is 22.7 Å². The van der Waals surface area contributed by atoms with Crippen molar-refractivity contribution < 1.29 is 5.11 Å². The zero-order valence-corrected chi connectivity index (χ0v) is 13.2. The minimum atomic E-state index is 0.0929. The zero-order valence-electron chi connectivity index (χ0n) is 13.2. The molecule has 0 aliphatic carbocycles. The quantitative estimate of drug-likeness (QED) is 0.689. The monoisotopic (exact) mass is 306 g/mol. The third-order valence-corrected chi connectivity index (χ3v) is 4.87. The van der Waals surface area contributed by atoms with Crippen molar-refractivity contribution in [3.8, 4) is 11.1 Å². The maximum Gasteiger partial charge on any atom is 0.0681 e. The molecule has 2 heterocycles. The van der Waals surface area contributed by atoms with Gasteiger partial charge < -0.3 is 15.4 Å². The molecule has 0 bridgehead atoms. The van der Waals surface area contributed by atoms with E-state index in [4.69, 9.17) is 0 Å². The fourth-order valence-electron chi connectivity index (χ4n) is 3.53. The number of aromatic amines is 1. The Balaban J connectivity index is 1.67. The molecule has 0 radical (unpaired) electrons. The van der Waals surface area contributed by atoms with E-state index in [9.17, 15) is 5.11 Å². The molecule has 2 aromatic carbocycles. The molecule has 4 rings (SSSR count). The van der Waals surface area contributed by atoms with Crippen LogP contribution >= 0.6 is 0 Å². The van der Waals surface area contributed by atoms with Crippen LogP contribution in [0.15, 0.2) is 48.7 Å². The Kier molecular flexibility index (Phi) is 3.90. The minimum absolute atomic E-state index is 0.0929. The summed E-state index contributed by atoms with van der Waals surface area (Å²) >= 11 is 0. The van der Waals surface area contributed by atoms with Crippen molar-refractivity contribution in [3.63, 3.8) is 0 Å². The summed E-state index contributed by atoms with van der Waals surface area (Å²) in [7, 11) is 0. The van der Waals surface area contributed by atoms with Gasteiger partial charge in [-0.15, -0.1) is 0 Å². The molecule has 1 atom stereocenters. The normalized spacial score (nSPS) is 17.9. The van der Waals surface area contributed by atoms with Crippen molar-refractivity contribution in [2.24, 2.45) is 0 Å². The molecule has 0 unspecified atom stereocenters. The Morgan fingerprint density at radius 1 is 1.04 bits per heavy atom. The number of aromatic nitrogens is 1. The average Bonchev–Trinajstić information content (AvgIpc) is 3.25. The number of rotatable bonds is 4. The van der Waals surface area contributed by atoms with E-state index in [1.54, 1.807) is 0 Å². The van der Waals surface area contributed by atoms with E-state index in [2.05, 4.69) is 46.8 Å². The standard InChI is InChI=1S/C20H22N2O/c23-13-14-3-5-15(6-4-14)16-7-8-20-19(11-16)17(12-22-20)10-18-2-1-9-21-18/h3-8,11-12,18,21-23H,1-2,9-10,13H2/t18-/m1/s1. The molecule has 1 aromatic heterocycles. The molecule has 1 fully saturated rings. The van der Waals surface area contributed by atoms with E-state index in [0.29, 0.717) is 6.04 Å². The molecule has 0 spiro atoms. The lowest BCUT2D eigenvalue weighted by molar-refractivity contribution is 0.282. The lowest BCUT2D eigenvalue weighted by atomic mass is 9.99. The summed E-state index contributed by atoms with van der Waals surface area (Å²) in [5.41, 5.74) is 5.96. The van der Waals surface area contributed by atoms with Crippen molar-refractivity contribution in [2.75, 3.05) is 6.54 Å². The van der Waals surface area contributed by atoms with Gasteiger partial charge in [-0.3, -0.25) is 0 Å². The van der Waals surface area contributed by atoms with Crippen molar-refractivity contribution in [3.05, 3.63) is 59.8 Å². The predicted molar refractivity (Wildman–Crippen MR) is 94.4 cm³/mol. The largest absolute Gasteiger partial charge is 0.392 e. The van der Waals surface area contributed by atoms with Gasteiger partial charge in [0.1, 0.15) is 0 Å². The van der Waals surface area contributed by atoms with Crippen LogP contribution in [0.5, 0.6) is 0 Å². The van der Waals surface area contributed by atoms with Gasteiger partial charge in [-0.1, -0.05) is 30.3 Å². The van der Waals surface area contributed by atoms with E-state index in [1.807, 2.05) is 12.1 Å². The Morgan fingerprint density at radius 3 is 2.61 bits per heavy atom. The second-order valence-corrected chi connectivity index (χ2v) is 6.43. The highest BCUT2D eigenvalue weighted by atomic mass is 16.3. The maximum atomic E-state index is 9.17. The summed E-state index contributed by atoms with van der Waals surface area (Å²) < 4.78 is 0. The molecule has 23 heavy (non-hydrogen) atoms. The molecular weight excluding hydrogens is 284 g/mol. The summed E-state index contributed by atoms with van der Waals surface area (Å²) in [6.45, 7) is 1.24. The first-order valence-corrected chi connectivity index (χ1v) is 8.37. The van der Waals surface area contributed by atoms with Crippen LogP contribution in [0.25, 0.3) is 22.0 Å². The lowest BCUT2D eigenvalue weighted by Crippen LogP contribution is -2.23. The fourth-order valence-corrected chi connectivity index (χ4v) is 3.53. The van der Waals surface area contributed by atoms with E-state index in [1.165, 1.54) is 40.4 Å². The number of hydrogen-bond acceptors (Lipinski definition) is 2. The third kappa shape index (κ3) is 2.90. The first-order chi connectivity index (χ1) is 11.3. The van der Waals surface area contributed by atoms with E-state index < -0.39 is 0 Å². The van der Waals surface area contributed by atoms with E-state index >= 15 is 0 Å². The van der Waals surface area contributed by atoms with Gasteiger partial charge in [0.25, 0.3) is 0 Å². The number of aliphatic hydroxyl groups excluding tert-OH is 1. The van der Waals surface area contributed by atoms with Gasteiger partial charge in [-0.25, -0.2) is 0 Å². The number of fused-ring (bicyclic) bond motifs is 1. The van der Waals surface area contributed by atoms with Crippen molar-refractivity contribution in [2.45, 2.75) is 31.9 Å². The molecule has 0 saturated carbocycles. The van der Waals surface area contributed by atoms with Crippen LogP contribution < -0.4 is 5.32 Å². The second-order valence-electron chi connectivity index (χ2n) is 6.43. The van der Waals surface area contributed by atoms with Gasteiger partial charge in [0.05, 0.1) is 6.61 Å². The molecule has 118 valence electrons. The summed E-state index contributed by atoms with van der Waals surface area (Å²) in [4.78, 5) is 3.40. The Hall–Kier alpha value is -2.10.